The lowest BCUT2D eigenvalue weighted by molar-refractivity contribution is -0.130. The Balaban J connectivity index is 1.41. The Morgan fingerprint density at radius 2 is 1.84 bits per heavy atom. The van der Waals surface area contributed by atoms with E-state index in [9.17, 15) is 9.59 Å². The van der Waals surface area contributed by atoms with Crippen molar-refractivity contribution < 1.29 is 23.8 Å². The number of carbonyl (C=O) groups excluding carboxylic acids is 2. The molecule has 3 fully saturated rings. The first-order valence-electron chi connectivity index (χ1n) is 14.0. The van der Waals surface area contributed by atoms with E-state index < -0.39 is 0 Å². The molecule has 4 rings (SSSR count). The van der Waals surface area contributed by atoms with E-state index in [1.54, 1.807) is 7.11 Å². The van der Waals surface area contributed by atoms with Crippen molar-refractivity contribution in [3.05, 3.63) is 23.8 Å². The van der Waals surface area contributed by atoms with E-state index in [0.29, 0.717) is 38.6 Å². The Morgan fingerprint density at radius 1 is 1.11 bits per heavy atom. The van der Waals surface area contributed by atoms with Gasteiger partial charge in [-0.1, -0.05) is 6.07 Å². The van der Waals surface area contributed by atoms with Crippen LogP contribution in [-0.2, 0) is 19.1 Å². The molecule has 2 aliphatic heterocycles. The lowest BCUT2D eigenvalue weighted by Crippen LogP contribution is -2.55. The number of anilines is 1. The van der Waals surface area contributed by atoms with Crippen LogP contribution >= 0.6 is 0 Å². The van der Waals surface area contributed by atoms with Crippen LogP contribution in [-0.4, -0.2) is 70.0 Å². The number of nitrogens with one attached hydrogen (secondary N) is 2. The smallest absolute Gasteiger partial charge is 0.231 e. The van der Waals surface area contributed by atoms with E-state index in [-0.39, 0.29) is 35.2 Å². The molecule has 2 amide bonds. The van der Waals surface area contributed by atoms with Gasteiger partial charge in [-0.25, -0.2) is 0 Å². The predicted molar refractivity (Wildman–Crippen MR) is 144 cm³/mol. The zero-order chi connectivity index (χ0) is 26.4. The molecular formula is C29H45N3O5. The summed E-state index contributed by atoms with van der Waals surface area (Å²) < 4.78 is 16.6. The summed E-state index contributed by atoms with van der Waals surface area (Å²) in [7, 11) is 1.69. The third-order valence-electron chi connectivity index (χ3n) is 8.11. The molecule has 2 saturated heterocycles. The molecule has 2 heterocycles. The minimum absolute atomic E-state index is 0.0431. The number of piperidine rings is 1. The van der Waals surface area contributed by atoms with E-state index in [2.05, 4.69) is 24.5 Å². The van der Waals surface area contributed by atoms with E-state index in [4.69, 9.17) is 14.2 Å². The SMILES string of the molecule is COCCCOc1cc(N(C(=O)[C@H]2CNC[C@@H](C(=O)NC(C)(C)C3CCOCC3)C2)C2CC2)ccc1C. The van der Waals surface area contributed by atoms with Crippen LogP contribution in [0.2, 0.25) is 0 Å². The number of rotatable bonds is 11. The molecule has 8 heteroatoms. The van der Waals surface area contributed by atoms with Crippen molar-refractivity contribution in [1.82, 2.24) is 10.6 Å². The van der Waals surface area contributed by atoms with Crippen LogP contribution in [0.25, 0.3) is 0 Å². The summed E-state index contributed by atoms with van der Waals surface area (Å²) in [6, 6.07) is 6.26. The second-order valence-electron chi connectivity index (χ2n) is 11.5. The highest BCUT2D eigenvalue weighted by Crippen LogP contribution is 2.37. The molecule has 1 aromatic rings. The number of benzene rings is 1. The molecule has 8 nitrogen and oxygen atoms in total. The number of amides is 2. The summed E-state index contributed by atoms with van der Waals surface area (Å²) in [5.41, 5.74) is 1.64. The first-order valence-corrected chi connectivity index (χ1v) is 14.0. The van der Waals surface area contributed by atoms with Gasteiger partial charge in [0.1, 0.15) is 5.75 Å². The maximum absolute atomic E-state index is 13.9. The quantitative estimate of drug-likeness (QED) is 0.439. The van der Waals surface area contributed by atoms with E-state index >= 15 is 0 Å². The van der Waals surface area contributed by atoms with E-state index in [1.807, 2.05) is 30.0 Å². The molecule has 0 unspecified atom stereocenters. The van der Waals surface area contributed by atoms with Gasteiger partial charge in [-0.2, -0.15) is 0 Å². The van der Waals surface area contributed by atoms with E-state index in [0.717, 1.165) is 62.3 Å². The summed E-state index contributed by atoms with van der Waals surface area (Å²) in [5, 5.41) is 6.68. The number of ether oxygens (including phenoxy) is 3. The van der Waals surface area contributed by atoms with Gasteiger partial charge in [-0.15, -0.1) is 0 Å². The zero-order valence-electron chi connectivity index (χ0n) is 23.0. The summed E-state index contributed by atoms with van der Waals surface area (Å²) in [5.74, 6) is 0.898. The fourth-order valence-corrected chi connectivity index (χ4v) is 5.60. The van der Waals surface area contributed by atoms with Crippen LogP contribution in [0.3, 0.4) is 0 Å². The molecule has 2 N–H and O–H groups in total. The van der Waals surface area contributed by atoms with Gasteiger partial charge < -0.3 is 29.7 Å². The average Bonchev–Trinajstić information content (AvgIpc) is 3.74. The maximum atomic E-state index is 13.9. The largest absolute Gasteiger partial charge is 0.493 e. The Labute approximate surface area is 221 Å². The molecule has 1 saturated carbocycles. The Bertz CT molecular complexity index is 926. The lowest BCUT2D eigenvalue weighted by atomic mass is 9.80. The highest BCUT2D eigenvalue weighted by molar-refractivity contribution is 5.97. The van der Waals surface area contributed by atoms with Crippen LogP contribution in [0.5, 0.6) is 5.75 Å². The number of carbonyl (C=O) groups is 2. The monoisotopic (exact) mass is 515 g/mol. The number of hydrogen-bond acceptors (Lipinski definition) is 6. The molecule has 37 heavy (non-hydrogen) atoms. The van der Waals surface area contributed by atoms with Gasteiger partial charge in [0.25, 0.3) is 0 Å². The van der Waals surface area contributed by atoms with Crippen molar-refractivity contribution >= 4 is 17.5 Å². The van der Waals surface area contributed by atoms with Crippen molar-refractivity contribution in [2.75, 3.05) is 51.5 Å². The summed E-state index contributed by atoms with van der Waals surface area (Å²) in [4.78, 5) is 29.1. The van der Waals surface area contributed by atoms with Crippen LogP contribution in [0.4, 0.5) is 5.69 Å². The van der Waals surface area contributed by atoms with Crippen molar-refractivity contribution in [3.63, 3.8) is 0 Å². The minimum Gasteiger partial charge on any atom is -0.493 e. The Morgan fingerprint density at radius 3 is 2.54 bits per heavy atom. The number of hydrogen-bond donors (Lipinski definition) is 2. The standard InChI is InChI=1S/C29H45N3O5/c1-20-6-7-25(17-26(20)37-13-5-12-35-4)32(24-8-9-24)28(34)22-16-21(18-30-19-22)27(33)31-29(2,3)23-10-14-36-15-11-23/h6-7,17,21-24,30H,5,8-16,18-19H2,1-4H3,(H,31,33)/t21-,22+/m0/s1. The fourth-order valence-electron chi connectivity index (χ4n) is 5.60. The van der Waals surface area contributed by atoms with Gasteiger partial charge in [0.15, 0.2) is 0 Å². The topological polar surface area (TPSA) is 89.1 Å². The highest BCUT2D eigenvalue weighted by atomic mass is 16.5. The molecule has 0 radical (unpaired) electrons. The second kappa shape index (κ2) is 12.6. The lowest BCUT2D eigenvalue weighted by Gasteiger charge is -2.39. The molecule has 206 valence electrons. The van der Waals surface area contributed by atoms with Gasteiger partial charge in [0.05, 0.1) is 18.4 Å². The van der Waals surface area contributed by atoms with Gasteiger partial charge >= 0.3 is 0 Å². The van der Waals surface area contributed by atoms with Crippen molar-refractivity contribution in [2.24, 2.45) is 17.8 Å². The van der Waals surface area contributed by atoms with Crippen LogP contribution in [0, 0.1) is 24.7 Å². The molecule has 0 aromatic heterocycles. The third-order valence-corrected chi connectivity index (χ3v) is 8.11. The summed E-state index contributed by atoms with van der Waals surface area (Å²) in [6.45, 7) is 10.2. The third kappa shape index (κ3) is 7.24. The fraction of sp³-hybridized carbons (Fsp3) is 0.724. The van der Waals surface area contributed by atoms with E-state index in [1.165, 1.54) is 0 Å². The maximum Gasteiger partial charge on any atom is 0.231 e. The van der Waals surface area contributed by atoms with Crippen LogP contribution in [0.1, 0.15) is 57.9 Å². The number of nitrogens with zero attached hydrogens (tertiary/aromatic N) is 1. The average molecular weight is 516 g/mol. The number of methoxy groups -OCH3 is 1. The summed E-state index contributed by atoms with van der Waals surface area (Å²) in [6.07, 6.45) is 5.32. The van der Waals surface area contributed by atoms with Crippen LogP contribution in [0.15, 0.2) is 18.2 Å². The number of aryl methyl sites for hydroxylation is 1. The highest BCUT2D eigenvalue weighted by Gasteiger charge is 2.41. The van der Waals surface area contributed by atoms with Gasteiger partial charge in [-0.3, -0.25) is 9.59 Å². The molecule has 1 aliphatic carbocycles. The molecule has 0 bridgehead atoms. The first kappa shape index (κ1) is 27.9. The van der Waals surface area contributed by atoms with Gasteiger partial charge in [0.2, 0.25) is 11.8 Å². The van der Waals surface area contributed by atoms with Gasteiger partial charge in [0, 0.05) is 69.8 Å². The van der Waals surface area contributed by atoms with Crippen LogP contribution < -0.4 is 20.3 Å². The van der Waals surface area contributed by atoms with Crippen molar-refractivity contribution in [3.8, 4) is 5.75 Å². The molecule has 2 atom stereocenters. The molecule has 1 aromatic carbocycles. The molecular weight excluding hydrogens is 470 g/mol. The Kier molecular flexibility index (Phi) is 9.48. The normalized spacial score (nSPS) is 22.9. The second-order valence-corrected chi connectivity index (χ2v) is 11.5. The molecule has 3 aliphatic rings. The molecule has 0 spiro atoms. The summed E-state index contributed by atoms with van der Waals surface area (Å²) >= 11 is 0. The van der Waals surface area contributed by atoms with Crippen molar-refractivity contribution in [1.29, 1.82) is 0 Å². The Hall–Kier alpha value is -2.16. The minimum atomic E-state index is -0.292. The predicted octanol–water partition coefficient (Wildman–Crippen LogP) is 3.45. The van der Waals surface area contributed by atoms with Crippen molar-refractivity contribution in [2.45, 2.75) is 70.9 Å². The zero-order valence-corrected chi connectivity index (χ0v) is 23.0. The van der Waals surface area contributed by atoms with Gasteiger partial charge in [-0.05, 0) is 70.4 Å². The first-order chi connectivity index (χ1) is 17.8.